The number of nitrogens with one attached hydrogen (secondary N) is 4. The third-order valence-electron chi connectivity index (χ3n) is 6.29. The van der Waals surface area contributed by atoms with Crippen molar-refractivity contribution in [1.29, 1.82) is 0 Å². The molecule has 3 amide bonds. The standard InChI is InChI=1S/C25H37N5O5S/c1-5-14(4)21(30-22(31)17(26)12-36)24(33)28-19(23(32)29-20(13(2)3)25(34)35)10-15-11-27-18-9-7-6-8-16(15)18/h6-9,11,13-14,17,19-21,27,36H,5,10,12,26H2,1-4H3,(H,28,33)(H,29,32)(H,30,31)(H,34,35). The predicted molar refractivity (Wildman–Crippen MR) is 142 cm³/mol. The van der Waals surface area contributed by atoms with Crippen LogP contribution < -0.4 is 21.7 Å². The number of carboxylic acids is 1. The van der Waals surface area contributed by atoms with Crippen LogP contribution in [0.1, 0.15) is 39.7 Å². The molecule has 0 radical (unpaired) electrons. The predicted octanol–water partition coefficient (Wildman–Crippen LogP) is 1.21. The van der Waals surface area contributed by atoms with Gasteiger partial charge in [0.15, 0.2) is 0 Å². The van der Waals surface area contributed by atoms with Crippen LogP contribution in [0.5, 0.6) is 0 Å². The minimum absolute atomic E-state index is 0.109. The third-order valence-corrected chi connectivity index (χ3v) is 6.68. The van der Waals surface area contributed by atoms with Gasteiger partial charge in [-0.1, -0.05) is 52.3 Å². The monoisotopic (exact) mass is 519 g/mol. The lowest BCUT2D eigenvalue weighted by atomic mass is 9.96. The lowest BCUT2D eigenvalue weighted by molar-refractivity contribution is -0.143. The molecule has 0 aliphatic rings. The number of carbonyl (C=O) groups excluding carboxylic acids is 3. The topological polar surface area (TPSA) is 166 Å². The Hall–Kier alpha value is -3.05. The maximum absolute atomic E-state index is 13.4. The van der Waals surface area contributed by atoms with Crippen LogP contribution in [0.15, 0.2) is 30.5 Å². The number of thiol groups is 1. The van der Waals surface area contributed by atoms with Crippen LogP contribution in [0.2, 0.25) is 0 Å². The average Bonchev–Trinajstić information content (AvgIpc) is 3.26. The number of aromatic nitrogens is 1. The Morgan fingerprint density at radius 3 is 2.22 bits per heavy atom. The van der Waals surface area contributed by atoms with Crippen LogP contribution in [0, 0.1) is 11.8 Å². The van der Waals surface area contributed by atoms with Crippen molar-refractivity contribution in [2.45, 2.75) is 64.7 Å². The molecule has 0 spiro atoms. The number of para-hydroxylation sites is 1. The average molecular weight is 520 g/mol. The summed E-state index contributed by atoms with van der Waals surface area (Å²) in [6.45, 7) is 7.06. The van der Waals surface area contributed by atoms with Gasteiger partial charge in [0, 0.05) is 29.3 Å². The molecule has 2 aromatic rings. The fourth-order valence-corrected chi connectivity index (χ4v) is 3.97. The number of fused-ring (bicyclic) bond motifs is 1. The second-order valence-electron chi connectivity index (χ2n) is 9.35. The molecule has 0 saturated heterocycles. The van der Waals surface area contributed by atoms with E-state index in [4.69, 9.17) is 5.73 Å². The maximum Gasteiger partial charge on any atom is 0.326 e. The summed E-state index contributed by atoms with van der Waals surface area (Å²) in [6.07, 6.45) is 2.46. The van der Waals surface area contributed by atoms with Gasteiger partial charge in [0.2, 0.25) is 17.7 Å². The zero-order chi connectivity index (χ0) is 27.0. The van der Waals surface area contributed by atoms with Gasteiger partial charge in [0.25, 0.3) is 0 Å². The Labute approximate surface area is 216 Å². The fraction of sp³-hybridized carbons (Fsp3) is 0.520. The molecule has 5 atom stereocenters. The molecule has 0 fully saturated rings. The Morgan fingerprint density at radius 1 is 1.00 bits per heavy atom. The lowest BCUT2D eigenvalue weighted by Gasteiger charge is -2.28. The summed E-state index contributed by atoms with van der Waals surface area (Å²) in [4.78, 5) is 53.9. The molecule has 1 heterocycles. The van der Waals surface area contributed by atoms with Gasteiger partial charge in [-0.15, -0.1) is 0 Å². The second-order valence-corrected chi connectivity index (χ2v) is 9.72. The quantitative estimate of drug-likeness (QED) is 0.196. The van der Waals surface area contributed by atoms with Gasteiger partial charge in [-0.2, -0.15) is 12.6 Å². The van der Waals surface area contributed by atoms with Crippen LogP contribution in [-0.2, 0) is 25.6 Å². The lowest BCUT2D eigenvalue weighted by Crippen LogP contribution is -2.59. The van der Waals surface area contributed by atoms with E-state index in [2.05, 4.69) is 33.6 Å². The third kappa shape index (κ3) is 7.47. The molecule has 5 unspecified atom stereocenters. The summed E-state index contributed by atoms with van der Waals surface area (Å²) in [5, 5.41) is 18.4. The van der Waals surface area contributed by atoms with Gasteiger partial charge >= 0.3 is 5.97 Å². The van der Waals surface area contributed by atoms with E-state index in [1.165, 1.54) is 0 Å². The summed E-state index contributed by atoms with van der Waals surface area (Å²) in [5.41, 5.74) is 7.42. The highest BCUT2D eigenvalue weighted by Gasteiger charge is 2.33. The zero-order valence-corrected chi connectivity index (χ0v) is 22.0. The zero-order valence-electron chi connectivity index (χ0n) is 21.1. The summed E-state index contributed by atoms with van der Waals surface area (Å²) in [6, 6.07) is 3.50. The molecule has 0 aliphatic heterocycles. The summed E-state index contributed by atoms with van der Waals surface area (Å²) >= 11 is 4.04. The van der Waals surface area contributed by atoms with E-state index in [-0.39, 0.29) is 24.0 Å². The first-order chi connectivity index (χ1) is 17.0. The van der Waals surface area contributed by atoms with Crippen molar-refractivity contribution in [3.8, 4) is 0 Å². The number of rotatable bonds is 13. The van der Waals surface area contributed by atoms with Gasteiger partial charge in [-0.25, -0.2) is 4.79 Å². The molecule has 11 heteroatoms. The van der Waals surface area contributed by atoms with Crippen molar-refractivity contribution in [3.05, 3.63) is 36.0 Å². The number of carbonyl (C=O) groups is 4. The molecular formula is C25H37N5O5S. The van der Waals surface area contributed by atoms with E-state index in [1.54, 1.807) is 20.0 Å². The number of hydrogen-bond donors (Lipinski definition) is 7. The number of benzene rings is 1. The first-order valence-electron chi connectivity index (χ1n) is 12.0. The van der Waals surface area contributed by atoms with Crippen molar-refractivity contribution in [2.24, 2.45) is 17.6 Å². The fourth-order valence-electron chi connectivity index (χ4n) is 3.80. The summed E-state index contributed by atoms with van der Waals surface area (Å²) in [7, 11) is 0. The molecule has 1 aromatic carbocycles. The van der Waals surface area contributed by atoms with E-state index in [9.17, 15) is 24.3 Å². The Bertz CT molecular complexity index is 1070. The van der Waals surface area contributed by atoms with Crippen molar-refractivity contribution >= 4 is 47.2 Å². The molecule has 2 rings (SSSR count). The number of hydrogen-bond acceptors (Lipinski definition) is 6. The second kappa shape index (κ2) is 13.3. The minimum Gasteiger partial charge on any atom is -0.480 e. The maximum atomic E-state index is 13.4. The summed E-state index contributed by atoms with van der Waals surface area (Å²) < 4.78 is 0. The van der Waals surface area contributed by atoms with Crippen LogP contribution in [0.25, 0.3) is 10.9 Å². The van der Waals surface area contributed by atoms with Crippen LogP contribution in [-0.4, -0.2) is 63.7 Å². The van der Waals surface area contributed by atoms with E-state index in [0.717, 1.165) is 16.5 Å². The van der Waals surface area contributed by atoms with E-state index >= 15 is 0 Å². The minimum atomic E-state index is -1.17. The molecule has 0 aliphatic carbocycles. The van der Waals surface area contributed by atoms with Crippen molar-refractivity contribution in [2.75, 3.05) is 5.75 Å². The molecule has 1 aromatic heterocycles. The normalized spacial score (nSPS) is 15.5. The SMILES string of the molecule is CCC(C)C(NC(=O)C(N)CS)C(=O)NC(Cc1c[nH]c2ccccc12)C(=O)NC(C(=O)O)C(C)C. The summed E-state index contributed by atoms with van der Waals surface area (Å²) in [5.74, 6) is -3.38. The van der Waals surface area contributed by atoms with Crippen molar-refractivity contribution in [1.82, 2.24) is 20.9 Å². The Kier molecular flexibility index (Phi) is 10.8. The van der Waals surface area contributed by atoms with Crippen LogP contribution >= 0.6 is 12.6 Å². The Morgan fingerprint density at radius 2 is 1.64 bits per heavy atom. The van der Waals surface area contributed by atoms with Gasteiger partial charge < -0.3 is 31.8 Å². The Balaban J connectivity index is 2.35. The van der Waals surface area contributed by atoms with Crippen LogP contribution in [0.3, 0.4) is 0 Å². The first kappa shape index (κ1) is 29.2. The van der Waals surface area contributed by atoms with E-state index < -0.39 is 47.9 Å². The molecule has 36 heavy (non-hydrogen) atoms. The van der Waals surface area contributed by atoms with Crippen molar-refractivity contribution < 1.29 is 24.3 Å². The number of H-pyrrole nitrogens is 1. The molecule has 10 nitrogen and oxygen atoms in total. The molecular weight excluding hydrogens is 482 g/mol. The van der Waals surface area contributed by atoms with Gasteiger partial charge in [0.1, 0.15) is 18.1 Å². The highest BCUT2D eigenvalue weighted by Crippen LogP contribution is 2.20. The highest BCUT2D eigenvalue weighted by molar-refractivity contribution is 7.80. The van der Waals surface area contributed by atoms with E-state index in [1.807, 2.05) is 38.1 Å². The molecule has 0 saturated carbocycles. The molecule has 0 bridgehead atoms. The molecule has 198 valence electrons. The number of aliphatic carboxylic acids is 1. The van der Waals surface area contributed by atoms with Crippen molar-refractivity contribution in [3.63, 3.8) is 0 Å². The highest BCUT2D eigenvalue weighted by atomic mass is 32.1. The number of aromatic amines is 1. The van der Waals surface area contributed by atoms with Gasteiger partial charge in [-0.3, -0.25) is 14.4 Å². The van der Waals surface area contributed by atoms with E-state index in [0.29, 0.717) is 6.42 Å². The largest absolute Gasteiger partial charge is 0.480 e. The van der Waals surface area contributed by atoms with Gasteiger partial charge in [-0.05, 0) is 23.5 Å². The number of carboxylic acid groups (broad SMARTS) is 1. The number of nitrogens with two attached hydrogens (primary N) is 1. The number of amides is 3. The first-order valence-corrected chi connectivity index (χ1v) is 12.7. The van der Waals surface area contributed by atoms with Gasteiger partial charge in [0.05, 0.1) is 6.04 Å². The smallest absolute Gasteiger partial charge is 0.326 e. The molecule has 7 N–H and O–H groups in total. The van der Waals surface area contributed by atoms with Crippen LogP contribution in [0.4, 0.5) is 0 Å².